The van der Waals surface area contributed by atoms with Crippen LogP contribution in [0.3, 0.4) is 0 Å². The molecule has 0 bridgehead atoms. The Hall–Kier alpha value is -0.995. The topological polar surface area (TPSA) is 52.6 Å². The van der Waals surface area contributed by atoms with Gasteiger partial charge in [-0.2, -0.15) is 0 Å². The maximum atomic E-state index is 9.23. The normalized spacial score (nSPS) is 6.29. The van der Waals surface area contributed by atoms with Crippen molar-refractivity contribution in [2.45, 2.75) is 0 Å². The molecule has 0 saturated heterocycles. The monoisotopic (exact) mass is 101 g/mol. The summed E-state index contributed by atoms with van der Waals surface area (Å²) in [6.07, 6.45) is 0. The summed E-state index contributed by atoms with van der Waals surface area (Å²) in [5.41, 5.74) is 0. The highest BCUT2D eigenvalue weighted by atomic mass is 16.6. The Morgan fingerprint density at radius 1 is 1.14 bits per heavy atom. The van der Waals surface area contributed by atoms with Gasteiger partial charge >= 0.3 is 7.69 Å². The van der Waals surface area contributed by atoms with Crippen molar-refractivity contribution in [2.75, 3.05) is 0 Å². The van der Waals surface area contributed by atoms with Gasteiger partial charge in [-0.3, -0.25) is 9.59 Å². The SMILES string of the molecule is O=CO[B]OC=O. The van der Waals surface area contributed by atoms with Gasteiger partial charge in [-0.1, -0.05) is 0 Å². The highest BCUT2D eigenvalue weighted by Crippen LogP contribution is 1.59. The molecule has 0 saturated carbocycles. The Balaban J connectivity index is 2.68. The number of rotatable bonds is 4. The summed E-state index contributed by atoms with van der Waals surface area (Å²) < 4.78 is 7.63. The molecule has 0 rings (SSSR count). The van der Waals surface area contributed by atoms with E-state index in [4.69, 9.17) is 0 Å². The highest BCUT2D eigenvalue weighted by molar-refractivity contribution is 6.22. The van der Waals surface area contributed by atoms with E-state index in [2.05, 4.69) is 9.31 Å². The summed E-state index contributed by atoms with van der Waals surface area (Å²) >= 11 is 0. The molecule has 0 aliphatic heterocycles. The fraction of sp³-hybridized carbons (Fsp3) is 0. The minimum Gasteiger partial charge on any atom is -0.502 e. The van der Waals surface area contributed by atoms with Crippen molar-refractivity contribution < 1.29 is 18.9 Å². The second kappa shape index (κ2) is 5.00. The zero-order chi connectivity index (χ0) is 5.54. The van der Waals surface area contributed by atoms with Gasteiger partial charge < -0.3 is 9.31 Å². The van der Waals surface area contributed by atoms with Crippen LogP contribution < -0.4 is 0 Å². The van der Waals surface area contributed by atoms with Crippen LogP contribution in [0.25, 0.3) is 0 Å². The molecule has 7 heavy (non-hydrogen) atoms. The summed E-state index contributed by atoms with van der Waals surface area (Å²) in [7, 11) is 0.625. The van der Waals surface area contributed by atoms with Gasteiger partial charge in [-0.05, 0) is 0 Å². The standard InChI is InChI=1S/C2H2BO4/c4-1-6-3-7-2-5/h1-2H. The molecule has 37 valence electrons. The van der Waals surface area contributed by atoms with E-state index in [1.54, 1.807) is 0 Å². The molecule has 0 unspecified atom stereocenters. The van der Waals surface area contributed by atoms with Gasteiger partial charge in [-0.25, -0.2) is 0 Å². The molecule has 0 aliphatic carbocycles. The van der Waals surface area contributed by atoms with Gasteiger partial charge in [0.05, 0.1) is 0 Å². The molecule has 5 heteroatoms. The lowest BCUT2D eigenvalue weighted by atomic mass is 10.4. The fourth-order valence-corrected chi connectivity index (χ4v) is 0.0774. The van der Waals surface area contributed by atoms with E-state index in [0.29, 0.717) is 7.69 Å². The summed E-state index contributed by atoms with van der Waals surface area (Å²) in [4.78, 5) is 18.5. The van der Waals surface area contributed by atoms with Gasteiger partial charge in [-0.15, -0.1) is 0 Å². The molecular weight excluding hydrogens is 98.8 g/mol. The smallest absolute Gasteiger partial charge is 0.502 e. The molecule has 4 nitrogen and oxygen atoms in total. The van der Waals surface area contributed by atoms with Crippen LogP contribution in [0.2, 0.25) is 0 Å². The molecule has 0 aromatic carbocycles. The van der Waals surface area contributed by atoms with Crippen molar-refractivity contribution in [3.8, 4) is 0 Å². The van der Waals surface area contributed by atoms with Crippen LogP contribution in [0.15, 0.2) is 0 Å². The van der Waals surface area contributed by atoms with Crippen molar-refractivity contribution in [1.82, 2.24) is 0 Å². The lowest BCUT2D eigenvalue weighted by molar-refractivity contribution is -0.124. The van der Waals surface area contributed by atoms with Gasteiger partial charge in [0.15, 0.2) is 0 Å². The first-order valence-electron chi connectivity index (χ1n) is 1.41. The Labute approximate surface area is 40.7 Å². The third-order valence-corrected chi connectivity index (χ3v) is 0.222. The zero-order valence-electron chi connectivity index (χ0n) is 3.37. The molecule has 0 heterocycles. The van der Waals surface area contributed by atoms with Gasteiger partial charge in [0.25, 0.3) is 12.9 Å². The summed E-state index contributed by atoms with van der Waals surface area (Å²) in [5.74, 6) is 0. The van der Waals surface area contributed by atoms with Crippen LogP contribution in [0.5, 0.6) is 0 Å². The number of hydrogen-bond donors (Lipinski definition) is 0. The Kier molecular flexibility index (Phi) is 4.29. The zero-order valence-corrected chi connectivity index (χ0v) is 3.37. The quantitative estimate of drug-likeness (QED) is 0.255. The van der Waals surface area contributed by atoms with Crippen molar-refractivity contribution in [1.29, 1.82) is 0 Å². The summed E-state index contributed by atoms with van der Waals surface area (Å²) in [6, 6.07) is 0. The number of carbonyl (C=O) groups is 2. The predicted molar refractivity (Wildman–Crippen MR) is 20.1 cm³/mol. The van der Waals surface area contributed by atoms with E-state index < -0.39 is 0 Å². The molecular formula is C2H2BO4. The third-order valence-electron chi connectivity index (χ3n) is 0.222. The minimum absolute atomic E-state index is 0.142. The van der Waals surface area contributed by atoms with Crippen LogP contribution in [-0.2, 0) is 18.9 Å². The van der Waals surface area contributed by atoms with Crippen molar-refractivity contribution in [3.63, 3.8) is 0 Å². The molecule has 0 atom stereocenters. The first-order valence-corrected chi connectivity index (χ1v) is 1.41. The van der Waals surface area contributed by atoms with E-state index in [9.17, 15) is 9.59 Å². The number of carbonyl (C=O) groups excluding carboxylic acids is 2. The first-order chi connectivity index (χ1) is 3.41. The Morgan fingerprint density at radius 3 is 1.86 bits per heavy atom. The second-order valence-corrected chi connectivity index (χ2v) is 0.561. The first kappa shape index (κ1) is 6.00. The van der Waals surface area contributed by atoms with E-state index in [1.807, 2.05) is 0 Å². The van der Waals surface area contributed by atoms with Crippen LogP contribution in [0.4, 0.5) is 0 Å². The molecule has 0 aliphatic rings. The van der Waals surface area contributed by atoms with Crippen LogP contribution in [-0.4, -0.2) is 20.6 Å². The molecule has 1 radical (unpaired) electrons. The summed E-state index contributed by atoms with van der Waals surface area (Å²) in [5, 5.41) is 0. The molecule has 0 spiro atoms. The fourth-order valence-electron chi connectivity index (χ4n) is 0.0774. The van der Waals surface area contributed by atoms with E-state index in [-0.39, 0.29) is 12.9 Å². The number of hydrogen-bond acceptors (Lipinski definition) is 4. The van der Waals surface area contributed by atoms with Crippen LogP contribution >= 0.6 is 0 Å². The lowest BCUT2D eigenvalue weighted by Gasteiger charge is -1.85. The van der Waals surface area contributed by atoms with Crippen LogP contribution in [0.1, 0.15) is 0 Å². The van der Waals surface area contributed by atoms with Crippen molar-refractivity contribution in [2.24, 2.45) is 0 Å². The van der Waals surface area contributed by atoms with Gasteiger partial charge in [0, 0.05) is 0 Å². The predicted octanol–water partition coefficient (Wildman–Crippen LogP) is -1.13. The maximum absolute atomic E-state index is 9.23. The molecule has 0 N–H and O–H groups in total. The Morgan fingerprint density at radius 2 is 1.57 bits per heavy atom. The van der Waals surface area contributed by atoms with E-state index in [1.165, 1.54) is 0 Å². The average molecular weight is 101 g/mol. The van der Waals surface area contributed by atoms with Crippen molar-refractivity contribution >= 4 is 20.6 Å². The second-order valence-electron chi connectivity index (χ2n) is 0.561. The maximum Gasteiger partial charge on any atom is 0.661 e. The Bertz CT molecular complexity index is 54.7. The van der Waals surface area contributed by atoms with E-state index >= 15 is 0 Å². The molecule has 0 aromatic rings. The molecule has 0 amide bonds. The van der Waals surface area contributed by atoms with Crippen LogP contribution in [0, 0.1) is 0 Å². The third kappa shape index (κ3) is 5.00. The summed E-state index contributed by atoms with van der Waals surface area (Å²) in [6.45, 7) is 0.285. The van der Waals surface area contributed by atoms with Gasteiger partial charge in [0.1, 0.15) is 0 Å². The minimum atomic E-state index is 0.142. The lowest BCUT2D eigenvalue weighted by Crippen LogP contribution is -2.00. The van der Waals surface area contributed by atoms with Crippen molar-refractivity contribution in [3.05, 3.63) is 0 Å². The molecule has 0 fully saturated rings. The van der Waals surface area contributed by atoms with Gasteiger partial charge in [0.2, 0.25) is 0 Å². The highest BCUT2D eigenvalue weighted by Gasteiger charge is 1.88. The average Bonchev–Trinajstić information content (AvgIpc) is 1.69. The largest absolute Gasteiger partial charge is 0.661 e. The molecule has 0 aromatic heterocycles. The van der Waals surface area contributed by atoms with E-state index in [0.717, 1.165) is 0 Å².